The summed E-state index contributed by atoms with van der Waals surface area (Å²) in [4.78, 5) is 15.5. The van der Waals surface area contributed by atoms with Gasteiger partial charge in [-0.2, -0.15) is 5.10 Å². The summed E-state index contributed by atoms with van der Waals surface area (Å²) in [6.45, 7) is 0. The zero-order chi connectivity index (χ0) is 14.7. The van der Waals surface area contributed by atoms with Gasteiger partial charge in [-0.25, -0.2) is 4.98 Å². The van der Waals surface area contributed by atoms with Crippen LogP contribution in [-0.4, -0.2) is 21.5 Å². The number of aromatic nitrogens is 3. The number of hydrogen-bond donors (Lipinski definition) is 3. The molecule has 0 amide bonds. The van der Waals surface area contributed by atoms with E-state index in [9.17, 15) is 4.79 Å². The van der Waals surface area contributed by atoms with E-state index < -0.39 is 0 Å². The van der Waals surface area contributed by atoms with Gasteiger partial charge in [0.15, 0.2) is 12.1 Å². The molecule has 6 heteroatoms. The van der Waals surface area contributed by atoms with Crippen LogP contribution >= 0.6 is 0 Å². The van der Waals surface area contributed by atoms with Crippen LogP contribution in [0.5, 0.6) is 0 Å². The number of nitrogens with two attached hydrogens (primary N) is 1. The van der Waals surface area contributed by atoms with Crippen LogP contribution in [0.1, 0.15) is 10.4 Å². The zero-order valence-electron chi connectivity index (χ0n) is 11.1. The predicted molar refractivity (Wildman–Crippen MR) is 81.3 cm³/mol. The summed E-state index contributed by atoms with van der Waals surface area (Å²) < 4.78 is 0. The van der Waals surface area contributed by atoms with Crippen molar-refractivity contribution in [2.24, 2.45) is 0 Å². The SMILES string of the molecule is Nc1ccc(-c2[nH]nc(Nc3ccccn3)c2C=O)cc1. The number of anilines is 3. The van der Waals surface area contributed by atoms with Crippen molar-refractivity contribution in [3.8, 4) is 11.3 Å². The van der Waals surface area contributed by atoms with Crippen molar-refractivity contribution in [2.75, 3.05) is 11.1 Å². The third kappa shape index (κ3) is 2.59. The minimum Gasteiger partial charge on any atom is -0.399 e. The van der Waals surface area contributed by atoms with E-state index in [1.807, 2.05) is 24.3 Å². The monoisotopic (exact) mass is 279 g/mol. The van der Waals surface area contributed by atoms with Gasteiger partial charge in [0, 0.05) is 17.4 Å². The van der Waals surface area contributed by atoms with Gasteiger partial charge in [-0.1, -0.05) is 18.2 Å². The van der Waals surface area contributed by atoms with Crippen molar-refractivity contribution in [2.45, 2.75) is 0 Å². The van der Waals surface area contributed by atoms with Gasteiger partial charge in [0.05, 0.1) is 11.3 Å². The number of pyridine rings is 1. The lowest BCUT2D eigenvalue weighted by atomic mass is 10.1. The van der Waals surface area contributed by atoms with Crippen LogP contribution in [0.2, 0.25) is 0 Å². The van der Waals surface area contributed by atoms with Crippen LogP contribution in [0.3, 0.4) is 0 Å². The number of H-pyrrole nitrogens is 1. The third-order valence-electron chi connectivity index (χ3n) is 3.03. The molecule has 3 rings (SSSR count). The van der Waals surface area contributed by atoms with Crippen LogP contribution in [-0.2, 0) is 0 Å². The van der Waals surface area contributed by atoms with Crippen molar-refractivity contribution < 1.29 is 4.79 Å². The van der Waals surface area contributed by atoms with Gasteiger partial charge in [-0.15, -0.1) is 0 Å². The Kier molecular flexibility index (Phi) is 3.34. The molecule has 0 bridgehead atoms. The fourth-order valence-corrected chi connectivity index (χ4v) is 1.99. The van der Waals surface area contributed by atoms with Gasteiger partial charge in [0.25, 0.3) is 0 Å². The topological polar surface area (TPSA) is 96.7 Å². The summed E-state index contributed by atoms with van der Waals surface area (Å²) in [5, 5.41) is 10.0. The molecule has 2 aromatic heterocycles. The van der Waals surface area contributed by atoms with Crippen LogP contribution in [0.4, 0.5) is 17.3 Å². The average molecular weight is 279 g/mol. The molecule has 104 valence electrons. The summed E-state index contributed by atoms with van der Waals surface area (Å²) in [6.07, 6.45) is 2.43. The van der Waals surface area contributed by atoms with Crippen molar-refractivity contribution >= 4 is 23.6 Å². The Balaban J connectivity index is 1.97. The molecule has 0 spiro atoms. The van der Waals surface area contributed by atoms with E-state index in [-0.39, 0.29) is 0 Å². The fraction of sp³-hybridized carbons (Fsp3) is 0. The van der Waals surface area contributed by atoms with E-state index in [1.54, 1.807) is 24.4 Å². The quantitative estimate of drug-likeness (QED) is 0.504. The van der Waals surface area contributed by atoms with Crippen LogP contribution in [0, 0.1) is 0 Å². The van der Waals surface area contributed by atoms with Crippen molar-refractivity contribution in [1.29, 1.82) is 0 Å². The smallest absolute Gasteiger partial charge is 0.164 e. The molecule has 2 heterocycles. The maximum atomic E-state index is 11.4. The number of nitrogens with zero attached hydrogens (tertiary/aromatic N) is 2. The number of benzene rings is 1. The normalized spacial score (nSPS) is 10.3. The summed E-state index contributed by atoms with van der Waals surface area (Å²) in [5.41, 5.74) is 8.26. The van der Waals surface area contributed by atoms with Gasteiger partial charge in [-0.3, -0.25) is 9.89 Å². The van der Waals surface area contributed by atoms with E-state index in [4.69, 9.17) is 5.73 Å². The third-order valence-corrected chi connectivity index (χ3v) is 3.03. The van der Waals surface area contributed by atoms with Gasteiger partial charge in [0.1, 0.15) is 5.82 Å². The number of carbonyl (C=O) groups is 1. The number of nitrogen functional groups attached to an aromatic ring is 1. The molecule has 0 saturated carbocycles. The van der Waals surface area contributed by atoms with Crippen molar-refractivity contribution in [1.82, 2.24) is 15.2 Å². The fourth-order valence-electron chi connectivity index (χ4n) is 1.99. The molecule has 0 aliphatic rings. The Morgan fingerprint density at radius 2 is 1.95 bits per heavy atom. The molecule has 0 fully saturated rings. The molecule has 6 nitrogen and oxygen atoms in total. The maximum absolute atomic E-state index is 11.4. The van der Waals surface area contributed by atoms with E-state index in [1.165, 1.54) is 0 Å². The second-order valence-electron chi connectivity index (χ2n) is 4.44. The second-order valence-corrected chi connectivity index (χ2v) is 4.44. The Hall–Kier alpha value is -3.15. The molecule has 0 radical (unpaired) electrons. The molecular formula is C15H13N5O. The zero-order valence-corrected chi connectivity index (χ0v) is 11.1. The van der Waals surface area contributed by atoms with Gasteiger partial charge in [-0.05, 0) is 24.3 Å². The van der Waals surface area contributed by atoms with Crippen LogP contribution < -0.4 is 11.1 Å². The molecule has 0 unspecified atom stereocenters. The minimum atomic E-state index is 0.440. The van der Waals surface area contributed by atoms with E-state index >= 15 is 0 Å². The maximum Gasteiger partial charge on any atom is 0.164 e. The van der Waals surface area contributed by atoms with Crippen LogP contribution in [0.15, 0.2) is 48.7 Å². The molecular weight excluding hydrogens is 266 g/mol. The van der Waals surface area contributed by atoms with Crippen molar-refractivity contribution in [3.05, 3.63) is 54.2 Å². The first-order chi connectivity index (χ1) is 10.3. The van der Waals surface area contributed by atoms with Gasteiger partial charge in [0.2, 0.25) is 0 Å². The molecule has 0 saturated heterocycles. The number of nitrogens with one attached hydrogen (secondary N) is 2. The molecule has 1 aromatic carbocycles. The molecule has 0 aliphatic carbocycles. The molecule has 4 N–H and O–H groups in total. The number of aldehydes is 1. The summed E-state index contributed by atoms with van der Waals surface area (Å²) in [7, 11) is 0. The first-order valence-electron chi connectivity index (χ1n) is 6.35. The summed E-state index contributed by atoms with van der Waals surface area (Å²) in [5.74, 6) is 1.06. The lowest BCUT2D eigenvalue weighted by Crippen LogP contribution is -1.96. The Bertz CT molecular complexity index is 749. The van der Waals surface area contributed by atoms with Gasteiger partial charge >= 0.3 is 0 Å². The van der Waals surface area contributed by atoms with E-state index in [2.05, 4.69) is 20.5 Å². The second kappa shape index (κ2) is 5.46. The van der Waals surface area contributed by atoms with Crippen molar-refractivity contribution in [3.63, 3.8) is 0 Å². The van der Waals surface area contributed by atoms with Crippen LogP contribution in [0.25, 0.3) is 11.3 Å². The Morgan fingerprint density at radius 1 is 1.14 bits per heavy atom. The number of rotatable bonds is 4. The van der Waals surface area contributed by atoms with E-state index in [0.29, 0.717) is 28.6 Å². The highest BCUT2D eigenvalue weighted by atomic mass is 16.1. The largest absolute Gasteiger partial charge is 0.399 e. The predicted octanol–water partition coefficient (Wildman–Crippen LogP) is 2.61. The Morgan fingerprint density at radius 3 is 2.62 bits per heavy atom. The lowest BCUT2D eigenvalue weighted by Gasteiger charge is -2.03. The molecule has 21 heavy (non-hydrogen) atoms. The number of carbonyl (C=O) groups excluding carboxylic acids is 1. The highest BCUT2D eigenvalue weighted by Crippen LogP contribution is 2.27. The highest BCUT2D eigenvalue weighted by Gasteiger charge is 2.14. The van der Waals surface area contributed by atoms with E-state index in [0.717, 1.165) is 11.8 Å². The minimum absolute atomic E-state index is 0.440. The molecule has 3 aromatic rings. The first-order valence-corrected chi connectivity index (χ1v) is 6.35. The summed E-state index contributed by atoms with van der Waals surface area (Å²) >= 11 is 0. The molecule has 0 atom stereocenters. The summed E-state index contributed by atoms with van der Waals surface area (Å²) in [6, 6.07) is 12.7. The standard InChI is InChI=1S/C15H13N5O/c16-11-6-4-10(5-7-11)14-12(9-21)15(20-19-14)18-13-3-1-2-8-17-13/h1-9H,16H2,(H2,17,18,19,20). The number of hydrogen-bond acceptors (Lipinski definition) is 5. The lowest BCUT2D eigenvalue weighted by molar-refractivity contribution is 0.112. The average Bonchev–Trinajstić information content (AvgIpc) is 2.92. The van der Waals surface area contributed by atoms with Gasteiger partial charge < -0.3 is 11.1 Å². The Labute approximate surface area is 121 Å². The number of aromatic amines is 1. The molecule has 0 aliphatic heterocycles. The first kappa shape index (κ1) is 12.9. The highest BCUT2D eigenvalue weighted by molar-refractivity contribution is 5.92.